The third-order valence-corrected chi connectivity index (χ3v) is 3.43. The van der Waals surface area contributed by atoms with E-state index in [1.54, 1.807) is 4.90 Å². The van der Waals surface area contributed by atoms with Gasteiger partial charge in [0.2, 0.25) is 11.8 Å². The minimum absolute atomic E-state index is 0.00449. The lowest BCUT2D eigenvalue weighted by molar-refractivity contribution is -0.131. The van der Waals surface area contributed by atoms with Gasteiger partial charge in [0.25, 0.3) is 0 Å². The van der Waals surface area contributed by atoms with Gasteiger partial charge in [-0.15, -0.1) is 0 Å². The first kappa shape index (κ1) is 13.6. The van der Waals surface area contributed by atoms with Crippen molar-refractivity contribution in [1.82, 2.24) is 5.32 Å². The third-order valence-electron chi connectivity index (χ3n) is 3.43. The summed E-state index contributed by atoms with van der Waals surface area (Å²) < 4.78 is 0. The normalized spacial score (nSPS) is 19.5. The van der Waals surface area contributed by atoms with Crippen molar-refractivity contribution in [2.45, 2.75) is 39.7 Å². The van der Waals surface area contributed by atoms with E-state index in [-0.39, 0.29) is 24.4 Å². The molecule has 0 aromatic heterocycles. The van der Waals surface area contributed by atoms with Crippen LogP contribution < -0.4 is 10.2 Å². The molecule has 1 aliphatic heterocycles. The Hall–Kier alpha value is -1.84. The molecular weight excluding hydrogens is 240 g/mol. The summed E-state index contributed by atoms with van der Waals surface area (Å²) in [6, 6.07) is 5.58. The van der Waals surface area contributed by atoms with Gasteiger partial charge >= 0.3 is 0 Å². The van der Waals surface area contributed by atoms with Crippen LogP contribution in [0.4, 0.5) is 5.69 Å². The maximum absolute atomic E-state index is 12.4. The van der Waals surface area contributed by atoms with Gasteiger partial charge in [-0.1, -0.05) is 25.5 Å². The van der Waals surface area contributed by atoms with Crippen LogP contribution in [0.1, 0.15) is 30.9 Å². The zero-order chi connectivity index (χ0) is 14.0. The number of nitrogens with one attached hydrogen (secondary N) is 1. The zero-order valence-electron chi connectivity index (χ0n) is 11.7. The van der Waals surface area contributed by atoms with E-state index >= 15 is 0 Å². The second kappa shape index (κ2) is 5.43. The summed E-state index contributed by atoms with van der Waals surface area (Å²) in [5.41, 5.74) is 2.95. The van der Waals surface area contributed by atoms with E-state index < -0.39 is 0 Å². The average molecular weight is 260 g/mol. The number of benzene rings is 1. The molecule has 19 heavy (non-hydrogen) atoms. The molecule has 4 heteroatoms. The maximum Gasteiger partial charge on any atom is 0.250 e. The molecule has 1 aromatic rings. The molecule has 2 amide bonds. The summed E-state index contributed by atoms with van der Waals surface area (Å²) in [6.07, 6.45) is 1.56. The van der Waals surface area contributed by atoms with Crippen LogP contribution in [0, 0.1) is 13.8 Å². The van der Waals surface area contributed by atoms with Gasteiger partial charge in [0, 0.05) is 5.69 Å². The monoisotopic (exact) mass is 260 g/mol. The number of rotatable bonds is 3. The highest BCUT2D eigenvalue weighted by atomic mass is 16.2. The van der Waals surface area contributed by atoms with E-state index in [1.807, 2.05) is 39.0 Å². The van der Waals surface area contributed by atoms with Crippen molar-refractivity contribution in [3.63, 3.8) is 0 Å². The van der Waals surface area contributed by atoms with E-state index in [1.165, 1.54) is 0 Å². The molecule has 0 saturated carbocycles. The molecule has 0 aliphatic carbocycles. The van der Waals surface area contributed by atoms with Crippen molar-refractivity contribution in [3.8, 4) is 0 Å². The Bertz CT molecular complexity index is 511. The molecule has 0 spiro atoms. The molecule has 1 N–H and O–H groups in total. The van der Waals surface area contributed by atoms with Crippen LogP contribution in [0.15, 0.2) is 18.2 Å². The standard InChI is InChI=1S/C15H20N2O2/c1-4-5-12-15(19)17(9-14(18)16-12)13-8-10(2)6-7-11(13)3/h6-8,12H,4-5,9H2,1-3H3,(H,16,18). The largest absolute Gasteiger partial charge is 0.343 e. The number of piperazine rings is 1. The Kier molecular flexibility index (Phi) is 3.88. The van der Waals surface area contributed by atoms with E-state index in [9.17, 15) is 9.59 Å². The number of carbonyl (C=O) groups excluding carboxylic acids is 2. The summed E-state index contributed by atoms with van der Waals surface area (Å²) in [6.45, 7) is 6.07. The Balaban J connectivity index is 2.34. The average Bonchev–Trinajstić information content (AvgIpc) is 2.37. The van der Waals surface area contributed by atoms with Gasteiger partial charge in [-0.2, -0.15) is 0 Å². The van der Waals surface area contributed by atoms with Crippen molar-refractivity contribution in [1.29, 1.82) is 0 Å². The quantitative estimate of drug-likeness (QED) is 0.903. The first-order valence-corrected chi connectivity index (χ1v) is 6.71. The van der Waals surface area contributed by atoms with Crippen molar-refractivity contribution in [2.24, 2.45) is 0 Å². The minimum atomic E-state index is -0.383. The van der Waals surface area contributed by atoms with E-state index in [2.05, 4.69) is 5.32 Å². The first-order chi connectivity index (χ1) is 9.02. The number of hydrogen-bond donors (Lipinski definition) is 1. The van der Waals surface area contributed by atoms with Crippen LogP contribution in [-0.2, 0) is 9.59 Å². The summed E-state index contributed by atoms with van der Waals surface area (Å²) in [5, 5.41) is 2.77. The number of nitrogens with zero attached hydrogens (tertiary/aromatic N) is 1. The smallest absolute Gasteiger partial charge is 0.250 e. The molecule has 1 heterocycles. The molecular formula is C15H20N2O2. The van der Waals surface area contributed by atoms with Crippen LogP contribution in [0.25, 0.3) is 0 Å². The predicted octanol–water partition coefficient (Wildman–Crippen LogP) is 1.93. The molecule has 2 rings (SSSR count). The fourth-order valence-electron chi connectivity index (χ4n) is 2.41. The molecule has 1 unspecified atom stereocenters. The molecule has 1 aliphatic rings. The van der Waals surface area contributed by atoms with E-state index in [0.29, 0.717) is 6.42 Å². The van der Waals surface area contributed by atoms with Crippen molar-refractivity contribution in [2.75, 3.05) is 11.4 Å². The lowest BCUT2D eigenvalue weighted by atomic mass is 10.0. The maximum atomic E-state index is 12.4. The van der Waals surface area contributed by atoms with Gasteiger partial charge in [0.05, 0.1) is 0 Å². The van der Waals surface area contributed by atoms with Crippen LogP contribution in [0.2, 0.25) is 0 Å². The molecule has 1 saturated heterocycles. The third kappa shape index (κ3) is 2.78. The summed E-state index contributed by atoms with van der Waals surface area (Å²) in [5.74, 6) is -0.0888. The highest BCUT2D eigenvalue weighted by molar-refractivity contribution is 6.06. The Morgan fingerprint density at radius 1 is 1.32 bits per heavy atom. The fraction of sp³-hybridized carbons (Fsp3) is 0.467. The summed E-state index contributed by atoms with van der Waals surface area (Å²) >= 11 is 0. The second-order valence-corrected chi connectivity index (χ2v) is 5.12. The van der Waals surface area contributed by atoms with Crippen LogP contribution in [0.5, 0.6) is 0 Å². The van der Waals surface area contributed by atoms with Gasteiger partial charge in [0.1, 0.15) is 12.6 Å². The van der Waals surface area contributed by atoms with Gasteiger partial charge in [-0.3, -0.25) is 9.59 Å². The first-order valence-electron chi connectivity index (χ1n) is 6.71. The van der Waals surface area contributed by atoms with Crippen molar-refractivity contribution in [3.05, 3.63) is 29.3 Å². The van der Waals surface area contributed by atoms with Crippen molar-refractivity contribution >= 4 is 17.5 Å². The Morgan fingerprint density at radius 2 is 2.05 bits per heavy atom. The van der Waals surface area contributed by atoms with Gasteiger partial charge in [-0.05, 0) is 37.5 Å². The van der Waals surface area contributed by atoms with Crippen LogP contribution in [0.3, 0.4) is 0 Å². The molecule has 1 fully saturated rings. The second-order valence-electron chi connectivity index (χ2n) is 5.12. The highest BCUT2D eigenvalue weighted by Gasteiger charge is 2.33. The number of amides is 2. The number of hydrogen-bond acceptors (Lipinski definition) is 2. The molecule has 0 bridgehead atoms. The highest BCUT2D eigenvalue weighted by Crippen LogP contribution is 2.24. The van der Waals surface area contributed by atoms with Gasteiger partial charge in [-0.25, -0.2) is 0 Å². The zero-order valence-corrected chi connectivity index (χ0v) is 11.7. The number of anilines is 1. The molecule has 1 aromatic carbocycles. The summed E-state index contributed by atoms with van der Waals surface area (Å²) in [4.78, 5) is 25.8. The molecule has 4 nitrogen and oxygen atoms in total. The molecule has 102 valence electrons. The van der Waals surface area contributed by atoms with Crippen molar-refractivity contribution < 1.29 is 9.59 Å². The Labute approximate surface area is 113 Å². The summed E-state index contributed by atoms with van der Waals surface area (Å²) in [7, 11) is 0. The SMILES string of the molecule is CCCC1NC(=O)CN(c2cc(C)ccc2C)C1=O. The van der Waals surface area contributed by atoms with Crippen LogP contribution in [-0.4, -0.2) is 24.4 Å². The topological polar surface area (TPSA) is 49.4 Å². The lowest BCUT2D eigenvalue weighted by Gasteiger charge is -2.33. The fourth-order valence-corrected chi connectivity index (χ4v) is 2.41. The lowest BCUT2D eigenvalue weighted by Crippen LogP contribution is -2.58. The predicted molar refractivity (Wildman–Crippen MR) is 75.1 cm³/mol. The number of aryl methyl sites for hydroxylation is 2. The molecule has 0 radical (unpaired) electrons. The molecule has 1 atom stereocenters. The Morgan fingerprint density at radius 3 is 2.74 bits per heavy atom. The van der Waals surface area contributed by atoms with Gasteiger partial charge < -0.3 is 10.2 Å². The minimum Gasteiger partial charge on any atom is -0.343 e. The van der Waals surface area contributed by atoms with E-state index in [4.69, 9.17) is 0 Å². The van der Waals surface area contributed by atoms with E-state index in [0.717, 1.165) is 23.2 Å². The van der Waals surface area contributed by atoms with Crippen LogP contribution >= 0.6 is 0 Å². The van der Waals surface area contributed by atoms with Gasteiger partial charge in [0.15, 0.2) is 0 Å². The number of carbonyl (C=O) groups is 2.